The van der Waals surface area contributed by atoms with Crippen LogP contribution >= 0.6 is 0 Å². The third-order valence-corrected chi connectivity index (χ3v) is 4.70. The second kappa shape index (κ2) is 5.60. The molecule has 1 aliphatic heterocycles. The van der Waals surface area contributed by atoms with Gasteiger partial charge in [0.25, 0.3) is 5.91 Å². The van der Waals surface area contributed by atoms with E-state index < -0.39 is 6.17 Å². The van der Waals surface area contributed by atoms with Gasteiger partial charge in [-0.25, -0.2) is 0 Å². The number of hydrogen-bond donors (Lipinski definition) is 1. The molecular weight excluding hydrogens is 262 g/mol. The Bertz CT molecular complexity index is 588. The average Bonchev–Trinajstić information content (AvgIpc) is 2.60. The smallest absolute Gasteiger partial charge is 0.266 e. The maximum Gasteiger partial charge on any atom is 0.266 e. The Hall–Kier alpha value is -1.68. The van der Waals surface area contributed by atoms with Crippen LogP contribution < -0.4 is 10.6 Å². The molecule has 1 aromatic carbocycles. The lowest BCUT2D eigenvalue weighted by Gasteiger charge is -2.25. The molecule has 0 radical (unpaired) electrons. The maximum atomic E-state index is 12.4. The first-order valence-electron chi connectivity index (χ1n) is 7.80. The van der Waals surface area contributed by atoms with Crippen LogP contribution in [-0.4, -0.2) is 24.8 Å². The summed E-state index contributed by atoms with van der Waals surface area (Å²) in [5.41, 5.74) is 10.2. The summed E-state index contributed by atoms with van der Waals surface area (Å²) >= 11 is 0. The molecule has 1 aliphatic carbocycles. The Balaban J connectivity index is 2.13. The fraction of sp³-hybridized carbons (Fsp3) is 0.529. The highest BCUT2D eigenvalue weighted by Gasteiger charge is 2.31. The van der Waals surface area contributed by atoms with E-state index in [9.17, 15) is 4.79 Å². The summed E-state index contributed by atoms with van der Waals surface area (Å²) in [5, 5.41) is 0. The molecule has 2 N–H and O–H groups in total. The first-order chi connectivity index (χ1) is 10.1. The number of anilines is 1. The van der Waals surface area contributed by atoms with Crippen molar-refractivity contribution in [2.75, 3.05) is 11.9 Å². The highest BCUT2D eigenvalue weighted by atomic mass is 16.2. The number of amides is 1. The molecule has 3 rings (SSSR count). The van der Waals surface area contributed by atoms with E-state index in [-0.39, 0.29) is 5.91 Å². The van der Waals surface area contributed by atoms with Crippen molar-refractivity contribution in [3.8, 4) is 0 Å². The molecule has 1 atom stereocenters. The van der Waals surface area contributed by atoms with Gasteiger partial charge in [0, 0.05) is 24.2 Å². The van der Waals surface area contributed by atoms with Crippen LogP contribution in [0.2, 0.25) is 0 Å². The van der Waals surface area contributed by atoms with Crippen molar-refractivity contribution in [2.45, 2.75) is 45.2 Å². The monoisotopic (exact) mass is 285 g/mol. The zero-order valence-electron chi connectivity index (χ0n) is 12.8. The van der Waals surface area contributed by atoms with Crippen LogP contribution in [0, 0.1) is 12.8 Å². The second-order valence-electron chi connectivity index (χ2n) is 6.16. The number of likely N-dealkylation sites (N-methyl/N-ethyl adjacent to an activating group) is 1. The zero-order valence-corrected chi connectivity index (χ0v) is 12.8. The Kier molecular flexibility index (Phi) is 3.81. The number of aliphatic imine (C=N–C) groups is 1. The molecule has 0 bridgehead atoms. The van der Waals surface area contributed by atoms with E-state index in [1.807, 2.05) is 19.1 Å². The number of rotatable bonds is 1. The van der Waals surface area contributed by atoms with Crippen molar-refractivity contribution in [2.24, 2.45) is 16.6 Å². The first kappa shape index (κ1) is 14.3. The summed E-state index contributed by atoms with van der Waals surface area (Å²) in [6.07, 6.45) is 5.30. The number of hydrogen-bond acceptors (Lipinski definition) is 3. The number of benzene rings is 1. The van der Waals surface area contributed by atoms with Crippen molar-refractivity contribution in [3.05, 3.63) is 29.3 Å². The van der Waals surface area contributed by atoms with Crippen molar-refractivity contribution in [3.63, 3.8) is 0 Å². The average molecular weight is 285 g/mol. The van der Waals surface area contributed by atoms with Gasteiger partial charge >= 0.3 is 0 Å². The van der Waals surface area contributed by atoms with Crippen LogP contribution in [0.1, 0.15) is 43.2 Å². The van der Waals surface area contributed by atoms with Gasteiger partial charge in [-0.1, -0.05) is 37.5 Å². The Labute approximate surface area is 126 Å². The van der Waals surface area contributed by atoms with Gasteiger partial charge in [0.2, 0.25) is 0 Å². The first-order valence-corrected chi connectivity index (χ1v) is 7.80. The number of carbonyl (C=O) groups excluding carboxylic acids is 1. The van der Waals surface area contributed by atoms with Gasteiger partial charge < -0.3 is 10.6 Å². The lowest BCUT2D eigenvalue weighted by molar-refractivity contribution is -0.119. The van der Waals surface area contributed by atoms with Crippen LogP contribution in [0.25, 0.3) is 0 Å². The van der Waals surface area contributed by atoms with Gasteiger partial charge in [0.15, 0.2) is 6.17 Å². The van der Waals surface area contributed by atoms with E-state index in [1.165, 1.54) is 19.3 Å². The molecule has 1 aromatic rings. The van der Waals surface area contributed by atoms with Gasteiger partial charge in [-0.15, -0.1) is 0 Å². The minimum Gasteiger partial charge on any atom is -0.312 e. The SMILES string of the molecule is Cc1cccc2c1N(C)C(=O)[C@@H](N)N=C2C1CCCCC1. The van der Waals surface area contributed by atoms with Crippen LogP contribution in [0.15, 0.2) is 23.2 Å². The minimum absolute atomic E-state index is 0.128. The third kappa shape index (κ3) is 2.48. The highest BCUT2D eigenvalue weighted by Crippen LogP contribution is 2.34. The Morgan fingerprint density at radius 2 is 1.95 bits per heavy atom. The number of nitrogens with zero attached hydrogens (tertiary/aromatic N) is 2. The minimum atomic E-state index is -0.779. The molecule has 112 valence electrons. The van der Waals surface area contributed by atoms with E-state index in [0.29, 0.717) is 5.92 Å². The lowest BCUT2D eigenvalue weighted by atomic mass is 9.82. The Morgan fingerprint density at radius 1 is 1.24 bits per heavy atom. The number of fused-ring (bicyclic) bond motifs is 1. The van der Waals surface area contributed by atoms with Gasteiger partial charge in [0.05, 0.1) is 5.69 Å². The molecule has 1 fully saturated rings. The lowest BCUT2D eigenvalue weighted by Crippen LogP contribution is -2.40. The molecule has 1 amide bonds. The van der Waals surface area contributed by atoms with Crippen molar-refractivity contribution >= 4 is 17.3 Å². The molecule has 0 aromatic heterocycles. The molecule has 0 unspecified atom stereocenters. The maximum absolute atomic E-state index is 12.4. The predicted molar refractivity (Wildman–Crippen MR) is 85.7 cm³/mol. The standard InChI is InChI=1S/C17H23N3O/c1-11-7-6-10-13-14(12-8-4-3-5-9-12)19-16(18)17(21)20(2)15(11)13/h6-7,10,12,16H,3-5,8-9,18H2,1-2H3/t16-/m0/s1. The van der Waals surface area contributed by atoms with Gasteiger partial charge in [-0.2, -0.15) is 0 Å². The van der Waals surface area contributed by atoms with Crippen LogP contribution in [0.4, 0.5) is 5.69 Å². The third-order valence-electron chi connectivity index (χ3n) is 4.70. The highest BCUT2D eigenvalue weighted by molar-refractivity contribution is 6.13. The van der Waals surface area contributed by atoms with Crippen LogP contribution in [0.5, 0.6) is 0 Å². The largest absolute Gasteiger partial charge is 0.312 e. The molecule has 1 saturated carbocycles. The fourth-order valence-corrected chi connectivity index (χ4v) is 3.60. The van der Waals surface area contributed by atoms with E-state index in [0.717, 1.165) is 35.4 Å². The molecule has 4 nitrogen and oxygen atoms in total. The normalized spacial score (nSPS) is 23.6. The predicted octanol–water partition coefficient (Wildman–Crippen LogP) is 2.63. The Morgan fingerprint density at radius 3 is 2.67 bits per heavy atom. The van der Waals surface area contributed by atoms with Crippen molar-refractivity contribution < 1.29 is 4.79 Å². The topological polar surface area (TPSA) is 58.7 Å². The van der Waals surface area contributed by atoms with E-state index >= 15 is 0 Å². The summed E-state index contributed by atoms with van der Waals surface area (Å²) in [6.45, 7) is 2.04. The van der Waals surface area contributed by atoms with E-state index in [4.69, 9.17) is 5.73 Å². The molecule has 0 spiro atoms. The summed E-state index contributed by atoms with van der Waals surface area (Å²) in [5.74, 6) is 0.306. The molecule has 0 saturated heterocycles. The van der Waals surface area contributed by atoms with Gasteiger partial charge in [0.1, 0.15) is 0 Å². The molecular formula is C17H23N3O. The molecule has 2 aliphatic rings. The fourth-order valence-electron chi connectivity index (χ4n) is 3.60. The molecule has 4 heteroatoms. The van der Waals surface area contributed by atoms with E-state index in [2.05, 4.69) is 11.1 Å². The summed E-state index contributed by atoms with van der Waals surface area (Å²) in [4.78, 5) is 18.7. The summed E-state index contributed by atoms with van der Waals surface area (Å²) in [7, 11) is 1.80. The van der Waals surface area contributed by atoms with Crippen LogP contribution in [0.3, 0.4) is 0 Å². The molecule has 21 heavy (non-hydrogen) atoms. The van der Waals surface area contributed by atoms with Crippen molar-refractivity contribution in [1.29, 1.82) is 0 Å². The number of nitrogens with two attached hydrogens (primary N) is 1. The molecule has 1 heterocycles. The number of aryl methyl sites for hydroxylation is 1. The summed E-state index contributed by atoms with van der Waals surface area (Å²) < 4.78 is 0. The number of carbonyl (C=O) groups is 1. The quantitative estimate of drug-likeness (QED) is 0.862. The second-order valence-corrected chi connectivity index (χ2v) is 6.16. The van der Waals surface area contributed by atoms with E-state index in [1.54, 1.807) is 11.9 Å². The zero-order chi connectivity index (χ0) is 15.0. The number of para-hydroxylation sites is 1. The van der Waals surface area contributed by atoms with Gasteiger partial charge in [-0.3, -0.25) is 9.79 Å². The number of benzodiazepines with no additional fused rings is 1. The van der Waals surface area contributed by atoms with Crippen molar-refractivity contribution in [1.82, 2.24) is 0 Å². The van der Waals surface area contributed by atoms with Crippen LogP contribution in [-0.2, 0) is 4.79 Å². The summed E-state index contributed by atoms with van der Waals surface area (Å²) in [6, 6.07) is 6.16. The van der Waals surface area contributed by atoms with Gasteiger partial charge in [-0.05, 0) is 25.3 Å².